The molecule has 4 aliphatic rings. The minimum Gasteiger partial charge on any atom is -0.377 e. The molecule has 0 bridgehead atoms. The molecule has 0 aromatic rings. The fourth-order valence-corrected chi connectivity index (χ4v) is 9.84. The molecule has 3 fully saturated rings. The van der Waals surface area contributed by atoms with Crippen molar-refractivity contribution in [3.63, 3.8) is 0 Å². The Hall–Kier alpha value is -0.420. The topological polar surface area (TPSA) is 64.5 Å². The summed E-state index contributed by atoms with van der Waals surface area (Å²) in [5.41, 5.74) is 14.3. The molecular formula is C33H61N3O. The fourth-order valence-electron chi connectivity index (χ4n) is 9.84. The van der Waals surface area contributed by atoms with Gasteiger partial charge in [-0.1, -0.05) is 65.5 Å². The molecule has 0 aromatic heterocycles. The number of nitrogens with two attached hydrogens (primary N) is 2. The van der Waals surface area contributed by atoms with E-state index in [-0.39, 0.29) is 0 Å². The number of fused-ring (bicyclic) bond motifs is 5. The van der Waals surface area contributed by atoms with Crippen LogP contribution < -0.4 is 11.5 Å². The average molecular weight is 516 g/mol. The Morgan fingerprint density at radius 3 is 2.41 bits per heavy atom. The van der Waals surface area contributed by atoms with Crippen LogP contribution in [0.15, 0.2) is 11.6 Å². The van der Waals surface area contributed by atoms with Gasteiger partial charge in [-0.3, -0.25) is 4.90 Å². The third-order valence-electron chi connectivity index (χ3n) is 11.9. The first kappa shape index (κ1) is 29.6. The zero-order chi connectivity index (χ0) is 26.6. The van der Waals surface area contributed by atoms with Gasteiger partial charge in [0.2, 0.25) is 0 Å². The summed E-state index contributed by atoms with van der Waals surface area (Å²) in [5, 5.41) is 0. The number of nitrogens with zero attached hydrogens (tertiary/aromatic N) is 1. The summed E-state index contributed by atoms with van der Waals surface area (Å²) in [4.78, 5) is 2.34. The summed E-state index contributed by atoms with van der Waals surface area (Å²) >= 11 is 0. The summed E-state index contributed by atoms with van der Waals surface area (Å²) in [7, 11) is 0. The zero-order valence-corrected chi connectivity index (χ0v) is 25.1. The van der Waals surface area contributed by atoms with Crippen LogP contribution in [0, 0.1) is 46.3 Å². The predicted octanol–water partition coefficient (Wildman–Crippen LogP) is 6.63. The van der Waals surface area contributed by atoms with E-state index in [2.05, 4.69) is 45.6 Å². The minimum absolute atomic E-state index is 0.393. The van der Waals surface area contributed by atoms with Crippen LogP contribution in [-0.2, 0) is 4.74 Å². The molecule has 214 valence electrons. The second-order valence-electron chi connectivity index (χ2n) is 14.4. The molecule has 4 heteroatoms. The minimum atomic E-state index is 0.393. The van der Waals surface area contributed by atoms with E-state index in [0.29, 0.717) is 30.0 Å². The molecule has 4 N–H and O–H groups in total. The van der Waals surface area contributed by atoms with Crippen molar-refractivity contribution in [3.8, 4) is 0 Å². The lowest BCUT2D eigenvalue weighted by Crippen LogP contribution is -2.51. The summed E-state index contributed by atoms with van der Waals surface area (Å²) in [5.74, 6) is 5.45. The number of hydrogen-bond acceptors (Lipinski definition) is 4. The van der Waals surface area contributed by atoms with Gasteiger partial charge in [0, 0.05) is 32.7 Å². The van der Waals surface area contributed by atoms with Crippen molar-refractivity contribution in [3.05, 3.63) is 11.6 Å². The van der Waals surface area contributed by atoms with E-state index in [9.17, 15) is 0 Å². The van der Waals surface area contributed by atoms with Crippen LogP contribution in [0.2, 0.25) is 0 Å². The zero-order valence-electron chi connectivity index (χ0n) is 25.1. The van der Waals surface area contributed by atoms with E-state index >= 15 is 0 Å². The quantitative estimate of drug-likeness (QED) is 0.270. The molecule has 0 spiro atoms. The number of allylic oxidation sites excluding steroid dienone is 1. The average Bonchev–Trinajstić information content (AvgIpc) is 3.21. The summed E-state index contributed by atoms with van der Waals surface area (Å²) in [6.45, 7) is 17.7. The Kier molecular flexibility index (Phi) is 10.3. The fraction of sp³-hybridized carbons (Fsp3) is 0.939. The van der Waals surface area contributed by atoms with Gasteiger partial charge in [0.05, 0.1) is 12.7 Å². The van der Waals surface area contributed by atoms with E-state index in [4.69, 9.17) is 16.2 Å². The molecule has 0 heterocycles. The summed E-state index contributed by atoms with van der Waals surface area (Å²) in [6.07, 6.45) is 18.3. The van der Waals surface area contributed by atoms with Crippen LogP contribution in [0.4, 0.5) is 0 Å². The molecule has 0 saturated heterocycles. The van der Waals surface area contributed by atoms with E-state index in [1.165, 1.54) is 64.2 Å². The molecule has 0 radical (unpaired) electrons. The van der Waals surface area contributed by atoms with Gasteiger partial charge in [-0.05, 0) is 97.7 Å². The maximum Gasteiger partial charge on any atom is 0.0613 e. The Morgan fingerprint density at radius 1 is 0.946 bits per heavy atom. The van der Waals surface area contributed by atoms with Crippen LogP contribution in [0.25, 0.3) is 0 Å². The van der Waals surface area contributed by atoms with E-state index in [0.717, 1.165) is 68.2 Å². The number of ether oxygens (including phenoxy) is 1. The Balaban J connectivity index is 1.35. The van der Waals surface area contributed by atoms with E-state index < -0.39 is 0 Å². The van der Waals surface area contributed by atoms with Gasteiger partial charge < -0.3 is 16.2 Å². The SMILES string of the molecule is CC(C)CCCC(C)C1CCC2C3CC=C4CC(OCCN(CCN)CCN)CCC4(C)C3CCC12C. The first-order valence-corrected chi connectivity index (χ1v) is 16.2. The third-order valence-corrected chi connectivity index (χ3v) is 11.9. The maximum atomic E-state index is 6.44. The van der Waals surface area contributed by atoms with Crippen LogP contribution in [0.5, 0.6) is 0 Å². The van der Waals surface area contributed by atoms with Gasteiger partial charge in [0.15, 0.2) is 0 Å². The van der Waals surface area contributed by atoms with Gasteiger partial charge in [-0.25, -0.2) is 0 Å². The van der Waals surface area contributed by atoms with Crippen molar-refractivity contribution in [2.75, 3.05) is 39.3 Å². The molecule has 4 rings (SSSR count). The lowest BCUT2D eigenvalue weighted by molar-refractivity contribution is -0.0648. The van der Waals surface area contributed by atoms with Gasteiger partial charge in [0.25, 0.3) is 0 Å². The largest absolute Gasteiger partial charge is 0.377 e. The molecule has 0 aliphatic heterocycles. The summed E-state index contributed by atoms with van der Waals surface area (Å²) in [6, 6.07) is 0. The Labute approximate surface area is 229 Å². The molecule has 4 aliphatic carbocycles. The molecule has 0 amide bonds. The molecule has 4 nitrogen and oxygen atoms in total. The molecular weight excluding hydrogens is 454 g/mol. The number of hydrogen-bond donors (Lipinski definition) is 2. The van der Waals surface area contributed by atoms with Crippen molar-refractivity contribution in [2.24, 2.45) is 57.8 Å². The standard InChI is InChI=1S/C33H61N3O/c1-24(2)7-6-8-25(3)29-11-12-30-28-10-9-26-23-27(37-22-21-36(19-17-34)20-18-35)13-15-32(26,4)31(28)14-16-33(29,30)5/h9,24-25,27-31H,6-8,10-23,34-35H2,1-5H3. The number of rotatable bonds is 13. The van der Waals surface area contributed by atoms with Crippen LogP contribution >= 0.6 is 0 Å². The van der Waals surface area contributed by atoms with Gasteiger partial charge >= 0.3 is 0 Å². The van der Waals surface area contributed by atoms with Gasteiger partial charge in [0.1, 0.15) is 0 Å². The Bertz CT molecular complexity index is 746. The highest BCUT2D eigenvalue weighted by molar-refractivity contribution is 5.25. The highest BCUT2D eigenvalue weighted by atomic mass is 16.5. The highest BCUT2D eigenvalue weighted by Gasteiger charge is 2.59. The molecule has 8 unspecified atom stereocenters. The lowest BCUT2D eigenvalue weighted by atomic mass is 9.47. The van der Waals surface area contributed by atoms with Gasteiger partial charge in [-0.2, -0.15) is 0 Å². The second kappa shape index (κ2) is 12.8. The smallest absolute Gasteiger partial charge is 0.0613 e. The van der Waals surface area contributed by atoms with Crippen LogP contribution in [0.3, 0.4) is 0 Å². The van der Waals surface area contributed by atoms with Crippen LogP contribution in [-0.4, -0.2) is 50.3 Å². The van der Waals surface area contributed by atoms with Crippen molar-refractivity contribution >= 4 is 0 Å². The van der Waals surface area contributed by atoms with E-state index in [1.807, 2.05) is 0 Å². The molecule has 37 heavy (non-hydrogen) atoms. The van der Waals surface area contributed by atoms with Crippen molar-refractivity contribution in [2.45, 2.75) is 111 Å². The molecule has 3 saturated carbocycles. The molecule has 0 aromatic carbocycles. The lowest BCUT2D eigenvalue weighted by Gasteiger charge is -2.58. The third kappa shape index (κ3) is 6.34. The van der Waals surface area contributed by atoms with Crippen molar-refractivity contribution in [1.29, 1.82) is 0 Å². The van der Waals surface area contributed by atoms with Crippen molar-refractivity contribution in [1.82, 2.24) is 4.90 Å². The first-order chi connectivity index (χ1) is 17.7. The Morgan fingerprint density at radius 2 is 1.70 bits per heavy atom. The highest BCUT2D eigenvalue weighted by Crippen LogP contribution is 2.67. The van der Waals surface area contributed by atoms with Gasteiger partial charge in [-0.15, -0.1) is 0 Å². The first-order valence-electron chi connectivity index (χ1n) is 16.2. The second-order valence-corrected chi connectivity index (χ2v) is 14.4. The summed E-state index contributed by atoms with van der Waals surface area (Å²) < 4.78 is 6.44. The van der Waals surface area contributed by atoms with Crippen LogP contribution in [0.1, 0.15) is 105 Å². The monoisotopic (exact) mass is 515 g/mol. The maximum absolute atomic E-state index is 6.44. The van der Waals surface area contributed by atoms with E-state index in [1.54, 1.807) is 5.57 Å². The predicted molar refractivity (Wildman–Crippen MR) is 157 cm³/mol. The molecule has 8 atom stereocenters. The normalized spacial score (nSPS) is 38.3. The van der Waals surface area contributed by atoms with Crippen molar-refractivity contribution < 1.29 is 4.74 Å².